The zero-order valence-corrected chi connectivity index (χ0v) is 17.1. The van der Waals surface area contributed by atoms with Gasteiger partial charge in [-0.25, -0.2) is 4.68 Å². The molecular formula is C22H17ClN4O4. The first-order valence-electron chi connectivity index (χ1n) is 9.73. The predicted molar refractivity (Wildman–Crippen MR) is 113 cm³/mol. The molecule has 9 heteroatoms. The summed E-state index contributed by atoms with van der Waals surface area (Å²) in [7, 11) is 0. The van der Waals surface area contributed by atoms with Gasteiger partial charge in [-0.05, 0) is 36.4 Å². The SMILES string of the molecule is O=c1ccc(-c2ccc3c(c2)OCCCO3)nn1Cc1noc(-c2ccccc2Cl)n1. The average Bonchev–Trinajstić information content (AvgIpc) is 3.11. The van der Waals surface area contributed by atoms with Crippen LogP contribution in [0.5, 0.6) is 11.5 Å². The van der Waals surface area contributed by atoms with Crippen LogP contribution in [0, 0.1) is 0 Å². The Morgan fingerprint density at radius 2 is 1.84 bits per heavy atom. The van der Waals surface area contributed by atoms with E-state index in [0.29, 0.717) is 46.8 Å². The first kappa shape index (κ1) is 19.3. The first-order chi connectivity index (χ1) is 15.2. The topological polar surface area (TPSA) is 92.3 Å². The summed E-state index contributed by atoms with van der Waals surface area (Å²) in [5.74, 6) is 1.97. The standard InChI is InChI=1S/C22H17ClN4O4/c23-16-5-2-1-4-15(16)22-24-20(26-31-22)13-27-21(28)9-7-17(25-27)14-6-8-18-19(12-14)30-11-3-10-29-18/h1-2,4-9,12H,3,10-11,13H2. The van der Waals surface area contributed by atoms with Crippen molar-refractivity contribution >= 4 is 11.6 Å². The van der Waals surface area contributed by atoms with Crippen molar-refractivity contribution < 1.29 is 14.0 Å². The number of rotatable bonds is 4. The van der Waals surface area contributed by atoms with Crippen molar-refractivity contribution in [1.29, 1.82) is 0 Å². The number of fused-ring (bicyclic) bond motifs is 1. The molecule has 1 aliphatic rings. The summed E-state index contributed by atoms with van der Waals surface area (Å²) in [5, 5.41) is 8.93. The van der Waals surface area contributed by atoms with Crippen LogP contribution in [0.3, 0.4) is 0 Å². The van der Waals surface area contributed by atoms with Crippen LogP contribution in [0.1, 0.15) is 12.2 Å². The van der Waals surface area contributed by atoms with E-state index in [1.54, 1.807) is 18.2 Å². The van der Waals surface area contributed by atoms with Crippen LogP contribution < -0.4 is 15.0 Å². The van der Waals surface area contributed by atoms with Crippen LogP contribution in [-0.2, 0) is 6.54 Å². The van der Waals surface area contributed by atoms with Crippen molar-refractivity contribution in [3.8, 4) is 34.2 Å². The quantitative estimate of drug-likeness (QED) is 0.480. The predicted octanol–water partition coefficient (Wildman–Crippen LogP) is 3.82. The number of hydrogen-bond donors (Lipinski definition) is 0. The third kappa shape index (κ3) is 4.02. The molecule has 3 heterocycles. The van der Waals surface area contributed by atoms with Crippen LogP contribution >= 0.6 is 11.6 Å². The second kappa shape index (κ2) is 8.23. The van der Waals surface area contributed by atoms with Crippen LogP contribution in [0.25, 0.3) is 22.7 Å². The van der Waals surface area contributed by atoms with E-state index in [1.165, 1.54) is 10.7 Å². The summed E-state index contributed by atoms with van der Waals surface area (Å²) in [5.41, 5.74) is 1.78. The average molecular weight is 437 g/mol. The van der Waals surface area contributed by atoms with Gasteiger partial charge < -0.3 is 14.0 Å². The zero-order chi connectivity index (χ0) is 21.2. The normalized spacial score (nSPS) is 13.1. The highest BCUT2D eigenvalue weighted by Gasteiger charge is 2.15. The molecule has 4 aromatic rings. The van der Waals surface area contributed by atoms with E-state index in [0.717, 1.165) is 12.0 Å². The summed E-state index contributed by atoms with van der Waals surface area (Å²) < 4.78 is 18.0. The summed E-state index contributed by atoms with van der Waals surface area (Å²) in [6.07, 6.45) is 0.827. The van der Waals surface area contributed by atoms with E-state index >= 15 is 0 Å². The molecule has 0 saturated heterocycles. The molecule has 156 valence electrons. The zero-order valence-electron chi connectivity index (χ0n) is 16.3. The molecule has 0 fully saturated rings. The van der Waals surface area contributed by atoms with E-state index in [-0.39, 0.29) is 18.0 Å². The van der Waals surface area contributed by atoms with Crippen molar-refractivity contribution in [2.24, 2.45) is 0 Å². The second-order valence-electron chi connectivity index (χ2n) is 6.92. The molecule has 0 unspecified atom stereocenters. The summed E-state index contributed by atoms with van der Waals surface area (Å²) in [4.78, 5) is 16.7. The number of halogens is 1. The van der Waals surface area contributed by atoms with Gasteiger partial charge in [-0.15, -0.1) is 0 Å². The smallest absolute Gasteiger partial charge is 0.267 e. The lowest BCUT2D eigenvalue weighted by molar-refractivity contribution is 0.297. The highest BCUT2D eigenvalue weighted by atomic mass is 35.5. The lowest BCUT2D eigenvalue weighted by Crippen LogP contribution is -2.23. The lowest BCUT2D eigenvalue weighted by Gasteiger charge is -2.10. The molecule has 5 rings (SSSR count). The van der Waals surface area contributed by atoms with Gasteiger partial charge in [0.2, 0.25) is 0 Å². The molecule has 0 bridgehead atoms. The molecule has 0 amide bonds. The number of aromatic nitrogens is 4. The van der Waals surface area contributed by atoms with E-state index in [9.17, 15) is 4.79 Å². The van der Waals surface area contributed by atoms with E-state index in [4.69, 9.17) is 25.6 Å². The van der Waals surface area contributed by atoms with Crippen molar-refractivity contribution in [3.63, 3.8) is 0 Å². The molecule has 0 radical (unpaired) electrons. The van der Waals surface area contributed by atoms with Gasteiger partial charge in [0, 0.05) is 18.1 Å². The maximum atomic E-state index is 12.4. The number of ether oxygens (including phenoxy) is 2. The molecule has 8 nitrogen and oxygen atoms in total. The summed E-state index contributed by atoms with van der Waals surface area (Å²) in [6.45, 7) is 1.27. The third-order valence-corrected chi connectivity index (χ3v) is 5.10. The number of benzene rings is 2. The highest BCUT2D eigenvalue weighted by molar-refractivity contribution is 6.33. The third-order valence-electron chi connectivity index (χ3n) is 4.77. The molecule has 1 aliphatic heterocycles. The fraction of sp³-hybridized carbons (Fsp3) is 0.182. The molecule has 0 aliphatic carbocycles. The molecule has 2 aromatic heterocycles. The van der Waals surface area contributed by atoms with Crippen LogP contribution in [0.2, 0.25) is 5.02 Å². The van der Waals surface area contributed by atoms with Gasteiger partial charge in [0.1, 0.15) is 6.54 Å². The van der Waals surface area contributed by atoms with Crippen LogP contribution in [0.4, 0.5) is 0 Å². The molecule has 0 atom stereocenters. The summed E-state index contributed by atoms with van der Waals surface area (Å²) >= 11 is 6.19. The van der Waals surface area contributed by atoms with Crippen LogP contribution in [-0.4, -0.2) is 33.1 Å². The van der Waals surface area contributed by atoms with Crippen molar-refractivity contribution in [3.05, 3.63) is 75.8 Å². The fourth-order valence-corrected chi connectivity index (χ4v) is 3.45. The van der Waals surface area contributed by atoms with Crippen molar-refractivity contribution in [1.82, 2.24) is 19.9 Å². The molecular weight excluding hydrogens is 420 g/mol. The second-order valence-corrected chi connectivity index (χ2v) is 7.33. The van der Waals surface area contributed by atoms with Gasteiger partial charge in [-0.1, -0.05) is 28.9 Å². The van der Waals surface area contributed by atoms with Gasteiger partial charge in [0.15, 0.2) is 17.3 Å². The first-order valence-corrected chi connectivity index (χ1v) is 10.1. The Kier molecular flexibility index (Phi) is 5.13. The van der Waals surface area contributed by atoms with Crippen molar-refractivity contribution in [2.45, 2.75) is 13.0 Å². The van der Waals surface area contributed by atoms with Gasteiger partial charge in [0.25, 0.3) is 11.4 Å². The minimum absolute atomic E-state index is 0.0607. The van der Waals surface area contributed by atoms with Gasteiger partial charge in [-0.3, -0.25) is 4.79 Å². The Balaban J connectivity index is 1.43. The molecule has 2 aromatic carbocycles. The number of hydrogen-bond acceptors (Lipinski definition) is 7. The van der Waals surface area contributed by atoms with E-state index < -0.39 is 0 Å². The Hall–Kier alpha value is -3.65. The minimum Gasteiger partial charge on any atom is -0.490 e. The fourth-order valence-electron chi connectivity index (χ4n) is 3.23. The molecule has 31 heavy (non-hydrogen) atoms. The van der Waals surface area contributed by atoms with Gasteiger partial charge in [0.05, 0.1) is 29.5 Å². The summed E-state index contributed by atoms with van der Waals surface area (Å²) in [6, 6.07) is 15.9. The van der Waals surface area contributed by atoms with Gasteiger partial charge in [-0.2, -0.15) is 10.1 Å². The van der Waals surface area contributed by atoms with E-state index in [1.807, 2.05) is 30.3 Å². The number of nitrogens with zero attached hydrogens (tertiary/aromatic N) is 4. The van der Waals surface area contributed by atoms with Gasteiger partial charge >= 0.3 is 0 Å². The lowest BCUT2D eigenvalue weighted by atomic mass is 10.1. The minimum atomic E-state index is -0.276. The molecule has 0 saturated carbocycles. The van der Waals surface area contributed by atoms with E-state index in [2.05, 4.69) is 15.2 Å². The maximum absolute atomic E-state index is 12.4. The maximum Gasteiger partial charge on any atom is 0.267 e. The Morgan fingerprint density at radius 1 is 1.00 bits per heavy atom. The molecule has 0 N–H and O–H groups in total. The molecule has 0 spiro atoms. The largest absolute Gasteiger partial charge is 0.490 e. The van der Waals surface area contributed by atoms with Crippen LogP contribution in [0.15, 0.2) is 63.9 Å². The Labute approximate surface area is 182 Å². The highest BCUT2D eigenvalue weighted by Crippen LogP contribution is 2.33. The Bertz CT molecular complexity index is 1300. The van der Waals surface area contributed by atoms with Crippen molar-refractivity contribution in [2.75, 3.05) is 13.2 Å². The monoisotopic (exact) mass is 436 g/mol. The Morgan fingerprint density at radius 3 is 2.71 bits per heavy atom.